The number of nitrogens with zero attached hydrogens (tertiary/aromatic N) is 1. The summed E-state index contributed by atoms with van der Waals surface area (Å²) >= 11 is 0. The van der Waals surface area contributed by atoms with E-state index >= 15 is 0 Å². The van der Waals surface area contributed by atoms with Crippen molar-refractivity contribution in [3.8, 4) is 0 Å². The summed E-state index contributed by atoms with van der Waals surface area (Å²) in [5, 5.41) is 14.1. The van der Waals surface area contributed by atoms with Crippen molar-refractivity contribution in [1.29, 1.82) is 0 Å². The molecule has 0 N–H and O–H groups in total. The number of hydroxylamine groups is 2. The Labute approximate surface area is 153 Å². The molecule has 1 aromatic rings. The van der Waals surface area contributed by atoms with Crippen molar-refractivity contribution in [1.82, 2.24) is 5.06 Å². The number of allylic oxidation sites excluding steroid dienone is 2. The summed E-state index contributed by atoms with van der Waals surface area (Å²) in [6, 6.07) is 10.3. The quantitative estimate of drug-likeness (QED) is 0.442. The van der Waals surface area contributed by atoms with Gasteiger partial charge in [0.1, 0.15) is 0 Å². The van der Waals surface area contributed by atoms with Crippen LogP contribution in [0.25, 0.3) is 6.08 Å². The first-order valence-electron chi connectivity index (χ1n) is 9.38. The van der Waals surface area contributed by atoms with E-state index in [1.54, 1.807) is 6.08 Å². The van der Waals surface area contributed by atoms with Gasteiger partial charge >= 0.3 is 5.95 Å². The fraction of sp³-hybridized carbons (Fsp3) is 0.545. The fourth-order valence-corrected chi connectivity index (χ4v) is 3.59. The summed E-state index contributed by atoms with van der Waals surface area (Å²) in [5.41, 5.74) is 0.994. The molecular weight excluding hydrogens is 310 g/mol. The van der Waals surface area contributed by atoms with Crippen molar-refractivity contribution < 1.29 is 9.94 Å². The van der Waals surface area contributed by atoms with Crippen LogP contribution in [0.3, 0.4) is 0 Å². The summed E-state index contributed by atoms with van der Waals surface area (Å²) in [5.74, 6) is -0.227. The zero-order valence-corrected chi connectivity index (χ0v) is 16.1. The highest BCUT2D eigenvalue weighted by atomic mass is 16.7. The molecule has 1 heterocycles. The molecule has 1 fully saturated rings. The molecule has 0 spiro atoms. The summed E-state index contributed by atoms with van der Waals surface area (Å²) in [6.07, 6.45) is 11.9. The summed E-state index contributed by atoms with van der Waals surface area (Å²) in [6.45, 7) is 8.59. The van der Waals surface area contributed by atoms with Gasteiger partial charge in [-0.15, -0.1) is 5.06 Å². The highest BCUT2D eigenvalue weighted by Crippen LogP contribution is 2.39. The second-order valence-electron chi connectivity index (χ2n) is 8.13. The third-order valence-corrected chi connectivity index (χ3v) is 4.85. The van der Waals surface area contributed by atoms with Crippen molar-refractivity contribution in [2.24, 2.45) is 0 Å². The second kappa shape index (κ2) is 8.57. The van der Waals surface area contributed by atoms with Crippen LogP contribution in [0.2, 0.25) is 0 Å². The molecule has 1 aromatic carbocycles. The van der Waals surface area contributed by atoms with Gasteiger partial charge in [0.05, 0.1) is 11.1 Å². The molecule has 25 heavy (non-hydrogen) atoms. The van der Waals surface area contributed by atoms with Crippen LogP contribution in [0.5, 0.6) is 0 Å². The molecule has 0 unspecified atom stereocenters. The molecule has 1 saturated heterocycles. The van der Waals surface area contributed by atoms with Gasteiger partial charge in [0.2, 0.25) is 0 Å². The summed E-state index contributed by atoms with van der Waals surface area (Å²) in [4.78, 5) is 5.72. The zero-order valence-electron chi connectivity index (χ0n) is 16.1. The Hall–Kier alpha value is -1.74. The molecular formula is C22H32NO2. The van der Waals surface area contributed by atoms with Crippen molar-refractivity contribution in [3.05, 3.63) is 54.0 Å². The highest BCUT2D eigenvalue weighted by Gasteiger charge is 2.44. The molecule has 1 aliphatic rings. The van der Waals surface area contributed by atoms with Gasteiger partial charge < -0.3 is 4.84 Å². The molecule has 0 aliphatic carbocycles. The molecule has 3 heteroatoms. The van der Waals surface area contributed by atoms with Crippen molar-refractivity contribution >= 4 is 6.08 Å². The average Bonchev–Trinajstić information content (AvgIpc) is 2.55. The first-order chi connectivity index (χ1) is 11.8. The van der Waals surface area contributed by atoms with Crippen LogP contribution in [0.15, 0.2) is 48.4 Å². The third kappa shape index (κ3) is 5.93. The Bertz CT molecular complexity index is 571. The number of piperidine rings is 1. The van der Waals surface area contributed by atoms with Gasteiger partial charge in [-0.25, -0.2) is 5.11 Å². The van der Waals surface area contributed by atoms with E-state index in [4.69, 9.17) is 4.84 Å². The fourth-order valence-electron chi connectivity index (χ4n) is 3.59. The number of unbranched alkanes of at least 4 members (excludes halogenated alkanes) is 2. The molecule has 0 bridgehead atoms. The zero-order chi connectivity index (χ0) is 18.3. The van der Waals surface area contributed by atoms with Gasteiger partial charge in [-0.1, -0.05) is 42.5 Å². The molecule has 0 saturated carbocycles. The Kier molecular flexibility index (Phi) is 6.71. The van der Waals surface area contributed by atoms with Crippen molar-refractivity contribution in [2.75, 3.05) is 0 Å². The lowest BCUT2D eigenvalue weighted by atomic mass is 9.82. The molecule has 3 nitrogen and oxygen atoms in total. The number of rotatable bonds is 7. The smallest absolute Gasteiger partial charge is 0.345 e. The van der Waals surface area contributed by atoms with Crippen LogP contribution in [-0.2, 0) is 9.94 Å². The van der Waals surface area contributed by atoms with Gasteiger partial charge in [0.15, 0.2) is 0 Å². The number of hydrogen-bond donors (Lipinski definition) is 0. The summed E-state index contributed by atoms with van der Waals surface area (Å²) in [7, 11) is 0. The van der Waals surface area contributed by atoms with E-state index in [-0.39, 0.29) is 17.0 Å². The van der Waals surface area contributed by atoms with Crippen molar-refractivity contribution in [2.45, 2.75) is 77.3 Å². The van der Waals surface area contributed by atoms with E-state index in [1.807, 2.05) is 23.3 Å². The molecule has 137 valence electrons. The SMILES string of the molecule is CC1(C)CCCC(C)(C)N1OC([O])=CCCC/C=C/c1ccccc1. The van der Waals surface area contributed by atoms with Crippen LogP contribution < -0.4 is 0 Å². The first kappa shape index (κ1) is 19.6. The monoisotopic (exact) mass is 342 g/mol. The Balaban J connectivity index is 1.78. The first-order valence-corrected chi connectivity index (χ1v) is 9.38. The minimum absolute atomic E-state index is 0.107. The van der Waals surface area contributed by atoms with Gasteiger partial charge in [0, 0.05) is 6.08 Å². The van der Waals surface area contributed by atoms with Gasteiger partial charge in [-0.05, 0) is 71.8 Å². The van der Waals surface area contributed by atoms with Gasteiger partial charge in [-0.3, -0.25) is 0 Å². The number of hydrogen-bond acceptors (Lipinski definition) is 2. The lowest BCUT2D eigenvalue weighted by Gasteiger charge is -2.50. The standard InChI is InChI=1S/C22H32NO2/c1-21(2)17-12-18-22(3,4)23(21)25-20(24)16-11-6-5-8-13-19-14-9-7-10-15-19/h7-10,13-16H,5-6,11-12,17-18H2,1-4H3/b13-8+,20-16?. The van der Waals surface area contributed by atoms with Crippen LogP contribution in [-0.4, -0.2) is 16.1 Å². The van der Waals surface area contributed by atoms with Gasteiger partial charge in [0.25, 0.3) is 0 Å². The van der Waals surface area contributed by atoms with Crippen molar-refractivity contribution in [3.63, 3.8) is 0 Å². The minimum atomic E-state index is -0.227. The maximum Gasteiger partial charge on any atom is 0.345 e. The van der Waals surface area contributed by atoms with Crippen LogP contribution in [0.4, 0.5) is 0 Å². The molecule has 1 radical (unpaired) electrons. The van der Waals surface area contributed by atoms with Crippen LogP contribution in [0, 0.1) is 0 Å². The number of benzene rings is 1. The topological polar surface area (TPSA) is 32.4 Å². The highest BCUT2D eigenvalue weighted by molar-refractivity contribution is 5.48. The van der Waals surface area contributed by atoms with Gasteiger partial charge in [-0.2, -0.15) is 0 Å². The van der Waals surface area contributed by atoms with E-state index in [9.17, 15) is 5.11 Å². The lowest BCUT2D eigenvalue weighted by molar-refractivity contribution is -0.281. The van der Waals surface area contributed by atoms with Crippen LogP contribution in [0.1, 0.15) is 71.8 Å². The van der Waals surface area contributed by atoms with Crippen LogP contribution >= 0.6 is 0 Å². The van der Waals surface area contributed by atoms with E-state index in [0.717, 1.165) is 32.1 Å². The third-order valence-electron chi connectivity index (χ3n) is 4.85. The maximum atomic E-state index is 12.2. The molecule has 0 amide bonds. The van der Waals surface area contributed by atoms with E-state index in [2.05, 4.69) is 52.0 Å². The molecule has 2 rings (SSSR count). The lowest BCUT2D eigenvalue weighted by Crippen LogP contribution is -2.57. The average molecular weight is 343 g/mol. The van der Waals surface area contributed by atoms with E-state index < -0.39 is 0 Å². The molecule has 0 atom stereocenters. The largest absolute Gasteiger partial charge is 0.363 e. The van der Waals surface area contributed by atoms with E-state index in [0.29, 0.717) is 0 Å². The Morgan fingerprint density at radius 3 is 2.36 bits per heavy atom. The predicted molar refractivity (Wildman–Crippen MR) is 103 cm³/mol. The second-order valence-corrected chi connectivity index (χ2v) is 8.13. The predicted octanol–water partition coefficient (Wildman–Crippen LogP) is 6.12. The Morgan fingerprint density at radius 2 is 1.72 bits per heavy atom. The minimum Gasteiger partial charge on any atom is -0.363 e. The maximum absolute atomic E-state index is 12.2. The Morgan fingerprint density at radius 1 is 1.08 bits per heavy atom. The molecule has 0 aromatic heterocycles. The van der Waals surface area contributed by atoms with E-state index in [1.165, 1.54) is 12.0 Å². The molecule has 1 aliphatic heterocycles. The normalized spacial score (nSPS) is 20.7. The summed E-state index contributed by atoms with van der Waals surface area (Å²) < 4.78 is 0.